The van der Waals surface area contributed by atoms with Gasteiger partial charge in [0.15, 0.2) is 0 Å². The number of rotatable bonds is 3. The summed E-state index contributed by atoms with van der Waals surface area (Å²) in [6, 6.07) is 12.5. The highest BCUT2D eigenvalue weighted by Crippen LogP contribution is 2.25. The smallest absolute Gasteiger partial charge is 0.123 e. The molecule has 0 aliphatic heterocycles. The Bertz CT molecular complexity index is 516. The Balaban J connectivity index is 2.41. The van der Waals surface area contributed by atoms with E-state index < -0.39 is 0 Å². The van der Waals surface area contributed by atoms with Crippen molar-refractivity contribution in [3.63, 3.8) is 0 Å². The van der Waals surface area contributed by atoms with Crippen LogP contribution in [0.3, 0.4) is 0 Å². The van der Waals surface area contributed by atoms with Gasteiger partial charge in [-0.25, -0.2) is 4.39 Å². The quantitative estimate of drug-likeness (QED) is 0.879. The minimum Gasteiger partial charge on any atom is -0.309 e. The zero-order chi connectivity index (χ0) is 13.1. The normalized spacial score (nSPS) is 12.4. The third-order valence-corrected chi connectivity index (χ3v) is 3.11. The Morgan fingerprint density at radius 1 is 1.06 bits per heavy atom. The Morgan fingerprint density at radius 3 is 2.28 bits per heavy atom. The molecule has 0 radical (unpaired) electrons. The van der Waals surface area contributed by atoms with Gasteiger partial charge in [0.1, 0.15) is 5.82 Å². The Hall–Kier alpha value is -1.38. The van der Waals surface area contributed by atoms with Crippen molar-refractivity contribution in [2.24, 2.45) is 0 Å². The van der Waals surface area contributed by atoms with Crippen molar-refractivity contribution in [3.05, 3.63) is 70.0 Å². The molecule has 1 unspecified atom stereocenters. The summed E-state index contributed by atoms with van der Waals surface area (Å²) in [6.45, 7) is 2.01. The van der Waals surface area contributed by atoms with Gasteiger partial charge in [-0.15, -0.1) is 0 Å². The van der Waals surface area contributed by atoms with Gasteiger partial charge in [0.25, 0.3) is 0 Å². The van der Waals surface area contributed by atoms with Crippen LogP contribution < -0.4 is 5.32 Å². The second kappa shape index (κ2) is 5.51. The molecule has 0 fully saturated rings. The second-order valence-corrected chi connectivity index (χ2v) is 4.77. The van der Waals surface area contributed by atoms with Gasteiger partial charge >= 0.3 is 0 Å². The highest BCUT2D eigenvalue weighted by molar-refractivity contribution is 6.30. The molecule has 0 spiro atoms. The molecule has 2 rings (SSSR count). The summed E-state index contributed by atoms with van der Waals surface area (Å²) >= 11 is 6.08. The molecule has 0 saturated heterocycles. The maximum Gasteiger partial charge on any atom is 0.123 e. The molecule has 1 nitrogen and oxygen atoms in total. The number of nitrogens with one attached hydrogen (secondary N) is 1. The average molecular weight is 264 g/mol. The van der Waals surface area contributed by atoms with Gasteiger partial charge in [-0.2, -0.15) is 0 Å². The Labute approximate surface area is 112 Å². The molecule has 3 heteroatoms. The number of hydrogen-bond donors (Lipinski definition) is 1. The van der Waals surface area contributed by atoms with Crippen molar-refractivity contribution in [2.45, 2.75) is 13.0 Å². The van der Waals surface area contributed by atoms with E-state index in [0.29, 0.717) is 5.02 Å². The summed E-state index contributed by atoms with van der Waals surface area (Å²) in [6.07, 6.45) is 0. The molecule has 18 heavy (non-hydrogen) atoms. The summed E-state index contributed by atoms with van der Waals surface area (Å²) < 4.78 is 12.9. The lowest BCUT2D eigenvalue weighted by Crippen LogP contribution is -2.17. The van der Waals surface area contributed by atoms with Crippen LogP contribution in [0.1, 0.15) is 22.7 Å². The van der Waals surface area contributed by atoms with Crippen LogP contribution in [0.4, 0.5) is 4.39 Å². The van der Waals surface area contributed by atoms with Crippen LogP contribution >= 0.6 is 11.6 Å². The SMILES string of the molecule is CNC(c1ccc(F)cc1)c1cc(C)cc(Cl)c1. The minimum absolute atomic E-state index is 0.0167. The first-order valence-corrected chi connectivity index (χ1v) is 6.18. The lowest BCUT2D eigenvalue weighted by Gasteiger charge is -2.18. The highest BCUT2D eigenvalue weighted by Gasteiger charge is 2.12. The third kappa shape index (κ3) is 2.89. The Morgan fingerprint density at radius 2 is 1.72 bits per heavy atom. The molecule has 0 saturated carbocycles. The number of aryl methyl sites for hydroxylation is 1. The zero-order valence-electron chi connectivity index (χ0n) is 10.4. The highest BCUT2D eigenvalue weighted by atomic mass is 35.5. The number of benzene rings is 2. The summed E-state index contributed by atoms with van der Waals surface area (Å²) in [4.78, 5) is 0. The first-order valence-electron chi connectivity index (χ1n) is 5.80. The standard InChI is InChI=1S/C15H15ClFN/c1-10-7-12(9-13(16)8-10)15(18-2)11-3-5-14(17)6-4-11/h3-9,15,18H,1-2H3. The fourth-order valence-electron chi connectivity index (χ4n) is 2.11. The maximum absolute atomic E-state index is 12.9. The van der Waals surface area contributed by atoms with Gasteiger partial charge in [0, 0.05) is 5.02 Å². The van der Waals surface area contributed by atoms with Crippen molar-refractivity contribution >= 4 is 11.6 Å². The van der Waals surface area contributed by atoms with Crippen molar-refractivity contribution in [1.82, 2.24) is 5.32 Å². The third-order valence-electron chi connectivity index (χ3n) is 2.89. The molecular weight excluding hydrogens is 249 g/mol. The molecule has 2 aromatic carbocycles. The van der Waals surface area contributed by atoms with E-state index in [-0.39, 0.29) is 11.9 Å². The molecule has 0 aliphatic carbocycles. The van der Waals surface area contributed by atoms with Crippen LogP contribution in [0.25, 0.3) is 0 Å². The van der Waals surface area contributed by atoms with Gasteiger partial charge in [-0.1, -0.05) is 29.8 Å². The lowest BCUT2D eigenvalue weighted by molar-refractivity contribution is 0.623. The fourth-order valence-corrected chi connectivity index (χ4v) is 2.41. The maximum atomic E-state index is 12.9. The largest absolute Gasteiger partial charge is 0.309 e. The van der Waals surface area contributed by atoms with Crippen LogP contribution in [-0.4, -0.2) is 7.05 Å². The molecule has 94 valence electrons. The molecule has 0 aliphatic rings. The molecule has 0 bridgehead atoms. The summed E-state index contributed by atoms with van der Waals surface area (Å²) in [5.74, 6) is -0.226. The van der Waals surface area contributed by atoms with E-state index in [9.17, 15) is 4.39 Å². The predicted molar refractivity (Wildman–Crippen MR) is 73.5 cm³/mol. The predicted octanol–water partition coefficient (Wildman–Crippen LogP) is 4.10. The molecule has 2 aromatic rings. The van der Waals surface area contributed by atoms with Crippen LogP contribution in [0.2, 0.25) is 5.02 Å². The number of hydrogen-bond acceptors (Lipinski definition) is 1. The minimum atomic E-state index is -0.226. The van der Waals surface area contributed by atoms with E-state index in [0.717, 1.165) is 16.7 Å². The zero-order valence-corrected chi connectivity index (χ0v) is 11.1. The monoisotopic (exact) mass is 263 g/mol. The van der Waals surface area contributed by atoms with E-state index in [1.165, 1.54) is 12.1 Å². The van der Waals surface area contributed by atoms with Gasteiger partial charge in [-0.3, -0.25) is 0 Å². The van der Waals surface area contributed by atoms with Gasteiger partial charge in [0.2, 0.25) is 0 Å². The van der Waals surface area contributed by atoms with Crippen molar-refractivity contribution in [2.75, 3.05) is 7.05 Å². The van der Waals surface area contributed by atoms with Crippen LogP contribution in [0.15, 0.2) is 42.5 Å². The van der Waals surface area contributed by atoms with Gasteiger partial charge < -0.3 is 5.32 Å². The lowest BCUT2D eigenvalue weighted by atomic mass is 9.97. The summed E-state index contributed by atoms with van der Waals surface area (Å²) in [5, 5.41) is 3.94. The molecular formula is C15H15ClFN. The Kier molecular flexibility index (Phi) is 4.00. The van der Waals surface area contributed by atoms with E-state index in [4.69, 9.17) is 11.6 Å². The molecule has 0 heterocycles. The molecule has 1 N–H and O–H groups in total. The molecule has 0 aromatic heterocycles. The van der Waals surface area contributed by atoms with Crippen molar-refractivity contribution < 1.29 is 4.39 Å². The van der Waals surface area contributed by atoms with Crippen molar-refractivity contribution in [3.8, 4) is 0 Å². The van der Waals surface area contributed by atoms with Crippen LogP contribution in [-0.2, 0) is 0 Å². The van der Waals surface area contributed by atoms with E-state index in [1.807, 2.05) is 26.1 Å². The topological polar surface area (TPSA) is 12.0 Å². The van der Waals surface area contributed by atoms with Gasteiger partial charge in [-0.05, 0) is 54.9 Å². The fraction of sp³-hybridized carbons (Fsp3) is 0.200. The van der Waals surface area contributed by atoms with E-state index >= 15 is 0 Å². The van der Waals surface area contributed by atoms with E-state index in [2.05, 4.69) is 11.4 Å². The number of halogens is 2. The molecule has 0 amide bonds. The summed E-state index contributed by atoms with van der Waals surface area (Å²) in [5.41, 5.74) is 3.20. The van der Waals surface area contributed by atoms with Crippen LogP contribution in [0.5, 0.6) is 0 Å². The first kappa shape index (κ1) is 13.1. The second-order valence-electron chi connectivity index (χ2n) is 4.34. The molecule has 1 atom stereocenters. The first-order chi connectivity index (χ1) is 8.60. The van der Waals surface area contributed by atoms with Gasteiger partial charge in [0.05, 0.1) is 6.04 Å². The van der Waals surface area contributed by atoms with Crippen molar-refractivity contribution in [1.29, 1.82) is 0 Å². The van der Waals surface area contributed by atoms with E-state index in [1.54, 1.807) is 12.1 Å². The average Bonchev–Trinajstić information content (AvgIpc) is 2.31. The van der Waals surface area contributed by atoms with Crippen LogP contribution in [0, 0.1) is 12.7 Å². The summed E-state index contributed by atoms with van der Waals surface area (Å²) in [7, 11) is 1.88.